The summed E-state index contributed by atoms with van der Waals surface area (Å²) < 4.78 is 46.5. The molecule has 0 unspecified atom stereocenters. The standard InChI is InChI=1S/C21H24FN3O5S2/c1-24(14-20(26)23-18-5-3-4-6-19(18)31-2)21(27)16-13-15(7-8-17(16)22)32(28,29)25-9-11-30-12-10-25/h3-8,13H,9-12,14H2,1-2H3,(H,23,26). The zero-order valence-electron chi connectivity index (χ0n) is 17.7. The molecule has 1 aliphatic heterocycles. The van der Waals surface area contributed by atoms with Gasteiger partial charge < -0.3 is 15.0 Å². The zero-order valence-corrected chi connectivity index (χ0v) is 19.3. The lowest BCUT2D eigenvalue weighted by atomic mass is 10.2. The zero-order chi connectivity index (χ0) is 23.3. The van der Waals surface area contributed by atoms with E-state index in [4.69, 9.17) is 4.74 Å². The molecule has 0 bridgehead atoms. The third-order valence-electron chi connectivity index (χ3n) is 4.88. The van der Waals surface area contributed by atoms with Crippen LogP contribution in [-0.4, -0.2) is 75.6 Å². The number of sulfonamides is 1. The number of morpholine rings is 1. The lowest BCUT2D eigenvalue weighted by Crippen LogP contribution is -2.40. The second kappa shape index (κ2) is 10.4. The molecule has 1 aliphatic rings. The molecule has 2 aromatic rings. The quantitative estimate of drug-likeness (QED) is 0.610. The first-order chi connectivity index (χ1) is 15.2. The fraction of sp³-hybridized carbons (Fsp3) is 0.333. The Labute approximate surface area is 190 Å². The van der Waals surface area contributed by atoms with Crippen LogP contribution in [0.1, 0.15) is 10.4 Å². The minimum atomic E-state index is -3.90. The molecule has 2 aromatic carbocycles. The van der Waals surface area contributed by atoms with Crippen LogP contribution < -0.4 is 5.32 Å². The summed E-state index contributed by atoms with van der Waals surface area (Å²) in [5.41, 5.74) is 0.190. The van der Waals surface area contributed by atoms with E-state index in [1.165, 1.54) is 23.1 Å². The maximum absolute atomic E-state index is 14.4. The first-order valence-corrected chi connectivity index (χ1v) is 12.5. The van der Waals surface area contributed by atoms with Gasteiger partial charge in [0.15, 0.2) is 0 Å². The third-order valence-corrected chi connectivity index (χ3v) is 7.58. The second-order valence-corrected chi connectivity index (χ2v) is 9.85. The summed E-state index contributed by atoms with van der Waals surface area (Å²) in [7, 11) is -2.55. The van der Waals surface area contributed by atoms with Crippen LogP contribution in [0.25, 0.3) is 0 Å². The van der Waals surface area contributed by atoms with Gasteiger partial charge in [-0.15, -0.1) is 11.8 Å². The topological polar surface area (TPSA) is 96.0 Å². The molecule has 2 amide bonds. The van der Waals surface area contributed by atoms with E-state index in [0.717, 1.165) is 28.0 Å². The van der Waals surface area contributed by atoms with Crippen LogP contribution in [0.3, 0.4) is 0 Å². The van der Waals surface area contributed by atoms with E-state index >= 15 is 0 Å². The number of hydrogen-bond acceptors (Lipinski definition) is 6. The van der Waals surface area contributed by atoms with E-state index in [-0.39, 0.29) is 37.7 Å². The fourth-order valence-electron chi connectivity index (χ4n) is 3.20. The summed E-state index contributed by atoms with van der Waals surface area (Å²) in [5, 5.41) is 2.73. The number of halogens is 1. The Morgan fingerprint density at radius 2 is 1.88 bits per heavy atom. The Bertz CT molecular complexity index is 1100. The fourth-order valence-corrected chi connectivity index (χ4v) is 5.18. The van der Waals surface area contributed by atoms with Crippen LogP contribution in [0.5, 0.6) is 0 Å². The molecule has 1 fully saturated rings. The minimum Gasteiger partial charge on any atom is -0.379 e. The lowest BCUT2D eigenvalue weighted by Gasteiger charge is -2.26. The summed E-state index contributed by atoms with van der Waals surface area (Å²) in [6, 6.07) is 10.3. The average molecular weight is 482 g/mol. The van der Waals surface area contributed by atoms with Crippen molar-refractivity contribution >= 4 is 39.3 Å². The second-order valence-electron chi connectivity index (χ2n) is 7.07. The molecule has 1 saturated heterocycles. The number of carbonyl (C=O) groups is 2. The van der Waals surface area contributed by atoms with E-state index in [0.29, 0.717) is 5.69 Å². The first-order valence-electron chi connectivity index (χ1n) is 9.80. The van der Waals surface area contributed by atoms with Crippen molar-refractivity contribution < 1.29 is 27.1 Å². The van der Waals surface area contributed by atoms with E-state index in [2.05, 4.69) is 5.32 Å². The smallest absolute Gasteiger partial charge is 0.257 e. The van der Waals surface area contributed by atoms with E-state index in [1.54, 1.807) is 12.1 Å². The summed E-state index contributed by atoms with van der Waals surface area (Å²) in [4.78, 5) is 26.9. The number of carbonyl (C=O) groups excluding carboxylic acids is 2. The molecular formula is C21H24FN3O5S2. The van der Waals surface area contributed by atoms with E-state index in [1.807, 2.05) is 18.4 Å². The van der Waals surface area contributed by atoms with Crippen LogP contribution in [-0.2, 0) is 19.6 Å². The Morgan fingerprint density at radius 3 is 2.56 bits per heavy atom. The number of ether oxygens (including phenoxy) is 1. The highest BCUT2D eigenvalue weighted by atomic mass is 32.2. The van der Waals surface area contributed by atoms with E-state index in [9.17, 15) is 22.4 Å². The molecule has 32 heavy (non-hydrogen) atoms. The number of anilines is 1. The summed E-state index contributed by atoms with van der Waals surface area (Å²) >= 11 is 1.46. The summed E-state index contributed by atoms with van der Waals surface area (Å²) in [6.45, 7) is 0.566. The Morgan fingerprint density at radius 1 is 1.19 bits per heavy atom. The molecule has 0 aliphatic carbocycles. The molecule has 0 saturated carbocycles. The van der Waals surface area contributed by atoms with Crippen molar-refractivity contribution in [2.45, 2.75) is 9.79 Å². The first kappa shape index (κ1) is 24.2. The maximum atomic E-state index is 14.4. The van der Waals surface area contributed by atoms with Gasteiger partial charge in [-0.3, -0.25) is 9.59 Å². The van der Waals surface area contributed by atoms with Gasteiger partial charge in [0.1, 0.15) is 5.82 Å². The largest absolute Gasteiger partial charge is 0.379 e. The van der Waals surface area contributed by atoms with Crippen molar-refractivity contribution in [1.82, 2.24) is 9.21 Å². The van der Waals surface area contributed by atoms with Gasteiger partial charge in [0.2, 0.25) is 15.9 Å². The average Bonchev–Trinajstić information content (AvgIpc) is 2.79. The van der Waals surface area contributed by atoms with Crippen molar-refractivity contribution in [3.63, 3.8) is 0 Å². The summed E-state index contributed by atoms with van der Waals surface area (Å²) in [6.07, 6.45) is 1.88. The number of hydrogen-bond donors (Lipinski definition) is 1. The van der Waals surface area contributed by atoms with Crippen molar-refractivity contribution in [3.05, 3.63) is 53.8 Å². The molecule has 8 nitrogen and oxygen atoms in total. The molecule has 0 atom stereocenters. The predicted molar refractivity (Wildman–Crippen MR) is 120 cm³/mol. The highest BCUT2D eigenvalue weighted by molar-refractivity contribution is 7.98. The third kappa shape index (κ3) is 5.47. The van der Waals surface area contributed by atoms with Crippen molar-refractivity contribution in [2.24, 2.45) is 0 Å². The number of benzene rings is 2. The Balaban J connectivity index is 1.75. The molecule has 0 spiro atoms. The number of nitrogens with zero attached hydrogens (tertiary/aromatic N) is 2. The van der Waals surface area contributed by atoms with Gasteiger partial charge in [-0.1, -0.05) is 12.1 Å². The summed E-state index contributed by atoms with van der Waals surface area (Å²) in [5.74, 6) is -2.12. The van der Waals surface area contributed by atoms with Crippen molar-refractivity contribution in [3.8, 4) is 0 Å². The number of amides is 2. The van der Waals surface area contributed by atoms with Gasteiger partial charge >= 0.3 is 0 Å². The van der Waals surface area contributed by atoms with Crippen molar-refractivity contribution in [2.75, 3.05) is 51.5 Å². The Kier molecular flexibility index (Phi) is 7.88. The predicted octanol–water partition coefficient (Wildman–Crippen LogP) is 2.28. The number of rotatable bonds is 7. The Hall–Kier alpha value is -2.47. The molecule has 11 heteroatoms. The highest BCUT2D eigenvalue weighted by Crippen LogP contribution is 2.25. The van der Waals surface area contributed by atoms with Gasteiger partial charge in [-0.05, 0) is 36.6 Å². The van der Waals surface area contributed by atoms with Gasteiger partial charge in [0, 0.05) is 25.0 Å². The molecule has 1 heterocycles. The van der Waals surface area contributed by atoms with Gasteiger partial charge in [-0.2, -0.15) is 4.31 Å². The van der Waals surface area contributed by atoms with Crippen LogP contribution in [0.2, 0.25) is 0 Å². The molecular weight excluding hydrogens is 457 g/mol. The number of nitrogens with one attached hydrogen (secondary N) is 1. The SMILES string of the molecule is CSc1ccccc1NC(=O)CN(C)C(=O)c1cc(S(=O)(=O)N2CCOCC2)ccc1F. The number of para-hydroxylation sites is 1. The van der Waals surface area contributed by atoms with E-state index < -0.39 is 33.2 Å². The normalized spacial score (nSPS) is 14.7. The van der Waals surface area contributed by atoms with Crippen LogP contribution in [0, 0.1) is 5.82 Å². The van der Waals surface area contributed by atoms with Crippen LogP contribution in [0.15, 0.2) is 52.3 Å². The highest BCUT2D eigenvalue weighted by Gasteiger charge is 2.28. The van der Waals surface area contributed by atoms with Gasteiger partial charge in [0.25, 0.3) is 5.91 Å². The number of thioether (sulfide) groups is 1. The lowest BCUT2D eigenvalue weighted by molar-refractivity contribution is -0.116. The van der Waals surface area contributed by atoms with Gasteiger partial charge in [-0.25, -0.2) is 12.8 Å². The minimum absolute atomic E-state index is 0.181. The molecule has 0 aromatic heterocycles. The molecule has 3 rings (SSSR count). The molecule has 0 radical (unpaired) electrons. The maximum Gasteiger partial charge on any atom is 0.257 e. The molecule has 172 valence electrons. The van der Waals surface area contributed by atoms with Crippen LogP contribution in [0.4, 0.5) is 10.1 Å². The van der Waals surface area contributed by atoms with Crippen LogP contribution >= 0.6 is 11.8 Å². The van der Waals surface area contributed by atoms with Gasteiger partial charge in [0.05, 0.1) is 35.9 Å². The molecule has 1 N–H and O–H groups in total. The monoisotopic (exact) mass is 481 g/mol. The van der Waals surface area contributed by atoms with Crippen molar-refractivity contribution in [1.29, 1.82) is 0 Å². The number of likely N-dealkylation sites (N-methyl/N-ethyl adjacent to an activating group) is 1.